The van der Waals surface area contributed by atoms with Gasteiger partial charge in [-0.1, -0.05) is 23.8 Å². The molecule has 0 fully saturated rings. The average Bonchev–Trinajstić information content (AvgIpc) is 1.77. The zero-order chi connectivity index (χ0) is 5.98. The third-order valence-electron chi connectivity index (χ3n) is 0.992. The van der Waals surface area contributed by atoms with Crippen molar-refractivity contribution in [1.82, 2.24) is 0 Å². The Hall–Kier alpha value is -0.780. The van der Waals surface area contributed by atoms with Crippen molar-refractivity contribution in [2.45, 2.75) is 6.92 Å². The van der Waals surface area contributed by atoms with Crippen LogP contribution in [0, 0.1) is 19.9 Å². The summed E-state index contributed by atoms with van der Waals surface area (Å²) in [6, 6.07) is 8.55. The molecule has 0 N–H and O–H groups in total. The third kappa shape index (κ3) is 1.09. The van der Waals surface area contributed by atoms with Crippen LogP contribution in [-0.2, 0) is 0 Å². The Morgan fingerprint density at radius 3 is 2.62 bits per heavy atom. The molecule has 0 heterocycles. The zero-order valence-electron chi connectivity index (χ0n) is 4.81. The van der Waals surface area contributed by atoms with Crippen LogP contribution in [0.4, 0.5) is 0 Å². The average molecular weight is 103 g/mol. The van der Waals surface area contributed by atoms with Gasteiger partial charge < -0.3 is 0 Å². The monoisotopic (exact) mass is 103 g/mol. The Morgan fingerprint density at radius 2 is 2.25 bits per heavy atom. The summed E-state index contributed by atoms with van der Waals surface area (Å²) in [7, 11) is 0. The quantitative estimate of drug-likeness (QED) is 0.470. The van der Waals surface area contributed by atoms with Crippen LogP contribution in [0.25, 0.3) is 0 Å². The summed E-state index contributed by atoms with van der Waals surface area (Å²) >= 11 is 0. The Morgan fingerprint density at radius 1 is 1.50 bits per heavy atom. The van der Waals surface area contributed by atoms with Crippen molar-refractivity contribution in [1.29, 1.82) is 0 Å². The molecule has 1 aromatic rings. The van der Waals surface area contributed by atoms with Gasteiger partial charge in [0.1, 0.15) is 0 Å². The molecule has 0 unspecified atom stereocenters. The molecular weight excluding hydrogens is 96.1 g/mol. The van der Waals surface area contributed by atoms with Gasteiger partial charge >= 0.3 is 0 Å². The van der Waals surface area contributed by atoms with E-state index in [0.717, 1.165) is 0 Å². The van der Waals surface area contributed by atoms with E-state index in [1.165, 1.54) is 5.56 Å². The van der Waals surface area contributed by atoms with Crippen molar-refractivity contribution in [3.05, 3.63) is 42.3 Å². The van der Waals surface area contributed by atoms with E-state index in [-0.39, 0.29) is 0 Å². The molecule has 0 aliphatic rings. The fourth-order valence-corrected chi connectivity index (χ4v) is 0.515. The van der Waals surface area contributed by atoms with Gasteiger partial charge in [-0.3, -0.25) is 0 Å². The molecular formula is C8H7. The summed E-state index contributed by atoms with van der Waals surface area (Å²) in [4.78, 5) is 0. The largest absolute Gasteiger partial charge is 0.0590 e. The van der Waals surface area contributed by atoms with Crippen LogP contribution in [0.2, 0.25) is 0 Å². The van der Waals surface area contributed by atoms with E-state index < -0.39 is 0 Å². The predicted molar refractivity (Wildman–Crippen MR) is 33.4 cm³/mol. The van der Waals surface area contributed by atoms with E-state index in [2.05, 4.69) is 6.07 Å². The molecule has 1 aromatic carbocycles. The molecule has 0 bridgehead atoms. The minimum atomic E-state index is 0.704. The molecule has 0 spiro atoms. The van der Waals surface area contributed by atoms with Gasteiger partial charge in [0.15, 0.2) is 0 Å². The normalized spacial score (nSPS) is 9.25. The van der Waals surface area contributed by atoms with Crippen molar-refractivity contribution < 1.29 is 0 Å². The molecule has 1 rings (SSSR count). The summed E-state index contributed by atoms with van der Waals surface area (Å²) in [5, 5.41) is 0. The van der Waals surface area contributed by atoms with E-state index in [4.69, 9.17) is 6.92 Å². The Bertz CT molecular complexity index is 139. The van der Waals surface area contributed by atoms with Crippen LogP contribution in [0.1, 0.15) is 11.1 Å². The van der Waals surface area contributed by atoms with Crippen LogP contribution in [0.3, 0.4) is 0 Å². The first-order valence-electron chi connectivity index (χ1n) is 2.53. The number of benzene rings is 1. The maximum Gasteiger partial charge on any atom is -0.000544 e. The summed E-state index contributed by atoms with van der Waals surface area (Å²) < 4.78 is 0. The van der Waals surface area contributed by atoms with Crippen molar-refractivity contribution in [2.24, 2.45) is 0 Å². The number of hydrogen-bond acceptors (Lipinski definition) is 0. The van der Waals surface area contributed by atoms with Gasteiger partial charge in [-0.2, -0.15) is 0 Å². The molecule has 0 aliphatic heterocycles. The lowest BCUT2D eigenvalue weighted by atomic mass is 10.2. The molecule has 0 aliphatic carbocycles. The van der Waals surface area contributed by atoms with Crippen molar-refractivity contribution >= 4 is 0 Å². The highest BCUT2D eigenvalue weighted by atomic mass is 13.9. The number of rotatable bonds is 0. The Labute approximate surface area is 50.2 Å². The minimum Gasteiger partial charge on any atom is -0.0590 e. The second kappa shape index (κ2) is 1.99. The van der Waals surface area contributed by atoms with E-state index in [0.29, 0.717) is 5.56 Å². The van der Waals surface area contributed by atoms with Gasteiger partial charge in [-0.05, 0) is 25.5 Å². The summed E-state index contributed by atoms with van der Waals surface area (Å²) in [6.07, 6.45) is 0. The molecule has 0 heteroatoms. The maximum absolute atomic E-state index is 5.37. The molecule has 0 saturated heterocycles. The van der Waals surface area contributed by atoms with E-state index in [1.807, 2.05) is 25.1 Å². The van der Waals surface area contributed by atoms with Crippen LogP contribution in [-0.4, -0.2) is 0 Å². The van der Waals surface area contributed by atoms with Crippen LogP contribution >= 0.6 is 0 Å². The van der Waals surface area contributed by atoms with Crippen molar-refractivity contribution in [3.8, 4) is 0 Å². The van der Waals surface area contributed by atoms with E-state index in [9.17, 15) is 0 Å². The second-order valence-corrected chi connectivity index (χ2v) is 1.82. The summed E-state index contributed by atoms with van der Waals surface area (Å²) in [6.45, 7) is 7.38. The van der Waals surface area contributed by atoms with Gasteiger partial charge in [-0.15, -0.1) is 0 Å². The molecule has 0 nitrogen and oxygen atoms in total. The first-order valence-corrected chi connectivity index (χ1v) is 2.53. The van der Waals surface area contributed by atoms with Crippen molar-refractivity contribution in [2.75, 3.05) is 0 Å². The van der Waals surface area contributed by atoms with Crippen LogP contribution in [0.5, 0.6) is 0 Å². The number of aryl methyl sites for hydroxylation is 1. The summed E-state index contributed by atoms with van der Waals surface area (Å²) in [5.41, 5.74) is 1.90. The highest BCUT2D eigenvalue weighted by Gasteiger charge is 1.81. The fraction of sp³-hybridized carbons (Fsp3) is 0.125. The molecule has 3 radical (unpaired) electrons. The fourth-order valence-electron chi connectivity index (χ4n) is 0.515. The van der Waals surface area contributed by atoms with Gasteiger partial charge in [0.2, 0.25) is 0 Å². The van der Waals surface area contributed by atoms with Gasteiger partial charge in [-0.25, -0.2) is 0 Å². The molecule has 0 aromatic heterocycles. The zero-order valence-corrected chi connectivity index (χ0v) is 4.81. The first kappa shape index (κ1) is 5.36. The predicted octanol–water partition coefficient (Wildman–Crippen LogP) is 1.85. The molecule has 8 heavy (non-hydrogen) atoms. The minimum absolute atomic E-state index is 0.704. The smallest absolute Gasteiger partial charge is 0.000544 e. The lowest BCUT2D eigenvalue weighted by Crippen LogP contribution is -1.71. The third-order valence-corrected chi connectivity index (χ3v) is 0.992. The lowest BCUT2D eigenvalue weighted by molar-refractivity contribution is 1.44. The van der Waals surface area contributed by atoms with Gasteiger partial charge in [0.25, 0.3) is 0 Å². The first-order chi connectivity index (χ1) is 3.79. The maximum atomic E-state index is 5.37. The standard InChI is InChI=1S/C8H7/c1-7-3-5-8(2)6-4-7/h1,3,5-6H,2H3. The molecule has 0 saturated carbocycles. The number of hydrogen-bond donors (Lipinski definition) is 0. The topological polar surface area (TPSA) is 0 Å². The van der Waals surface area contributed by atoms with E-state index in [1.54, 1.807) is 0 Å². The highest BCUT2D eigenvalue weighted by molar-refractivity contribution is 5.21. The Balaban J connectivity index is 3.03. The molecule has 0 amide bonds. The highest BCUT2D eigenvalue weighted by Crippen LogP contribution is 1.98. The van der Waals surface area contributed by atoms with E-state index >= 15 is 0 Å². The van der Waals surface area contributed by atoms with Crippen LogP contribution < -0.4 is 0 Å². The van der Waals surface area contributed by atoms with Crippen molar-refractivity contribution in [3.63, 3.8) is 0 Å². The van der Waals surface area contributed by atoms with Gasteiger partial charge in [0.05, 0.1) is 0 Å². The summed E-state index contributed by atoms with van der Waals surface area (Å²) in [5.74, 6) is 0. The van der Waals surface area contributed by atoms with Gasteiger partial charge in [0, 0.05) is 0 Å². The SMILES string of the molecule is [CH]c1[c]cc(C)cc1. The van der Waals surface area contributed by atoms with Crippen LogP contribution in [0.15, 0.2) is 18.2 Å². The molecule has 39 valence electrons. The Kier molecular flexibility index (Phi) is 1.34. The second-order valence-electron chi connectivity index (χ2n) is 1.82. The lowest BCUT2D eigenvalue weighted by Gasteiger charge is -1.88. The molecule has 0 atom stereocenters.